The van der Waals surface area contributed by atoms with Gasteiger partial charge in [0.05, 0.1) is 0 Å². The van der Waals surface area contributed by atoms with Crippen molar-refractivity contribution in [2.24, 2.45) is 10.9 Å². The summed E-state index contributed by atoms with van der Waals surface area (Å²) in [5.74, 6) is 1.34. The maximum Gasteiger partial charge on any atom is 1.00 e. The van der Waals surface area contributed by atoms with E-state index in [4.69, 9.17) is 13.8 Å². The molecule has 3 nitrogen and oxygen atoms in total. The van der Waals surface area contributed by atoms with Gasteiger partial charge in [0.1, 0.15) is 22.5 Å². The molecule has 2 heterocycles. The first-order valence-electron chi connectivity index (χ1n) is 23.0. The fourth-order valence-corrected chi connectivity index (χ4v) is 9.31. The Bertz CT molecular complexity index is 3470. The fraction of sp³-hybridized carbons (Fsp3) is 0.111. The molecule has 0 saturated heterocycles. The van der Waals surface area contributed by atoms with Crippen molar-refractivity contribution in [2.45, 2.75) is 39.5 Å². The number of furan rings is 2. The van der Waals surface area contributed by atoms with Crippen molar-refractivity contribution < 1.29 is 60.2 Å². The molecule has 322 valence electrons. The Morgan fingerprint density at radius 3 is 1.97 bits per heavy atom. The normalized spacial score (nSPS) is 13.9. The molecule has 1 atom stereocenters. The second-order valence-corrected chi connectivity index (χ2v) is 17.0. The summed E-state index contributed by atoms with van der Waals surface area (Å²) < 4.78 is 12.2. The third-order valence-corrected chi connectivity index (χ3v) is 12.8. The molecule has 8 aromatic carbocycles. The molecule has 0 radical (unpaired) electrons. The molecule has 67 heavy (non-hydrogen) atoms. The maximum atomic E-state index is 6.19. The van der Waals surface area contributed by atoms with Crippen LogP contribution in [0, 0.1) is 18.5 Å². The summed E-state index contributed by atoms with van der Waals surface area (Å²) in [6.07, 6.45) is 22.4. The van der Waals surface area contributed by atoms with Crippen molar-refractivity contribution in [2.75, 3.05) is 0 Å². The first-order valence-corrected chi connectivity index (χ1v) is 23.0. The molecule has 0 N–H and O–H groups in total. The van der Waals surface area contributed by atoms with E-state index in [1.807, 2.05) is 42.9 Å². The average Bonchev–Trinajstić information content (AvgIpc) is 3.77. The Morgan fingerprint density at radius 1 is 0.627 bits per heavy atom. The van der Waals surface area contributed by atoms with Crippen molar-refractivity contribution in [3.8, 4) is 0 Å². The largest absolute Gasteiger partial charge is 1.00 e. The predicted molar refractivity (Wildman–Crippen MR) is 281 cm³/mol. The van der Waals surface area contributed by atoms with Gasteiger partial charge in [-0.1, -0.05) is 172 Å². The Morgan fingerprint density at radius 2 is 1.27 bits per heavy atom. The van der Waals surface area contributed by atoms with Crippen LogP contribution in [0.3, 0.4) is 0 Å². The molecule has 4 heteroatoms. The zero-order chi connectivity index (χ0) is 44.8. The molecule has 0 fully saturated rings. The van der Waals surface area contributed by atoms with E-state index in [0.717, 1.165) is 65.0 Å². The fourth-order valence-electron chi connectivity index (χ4n) is 9.31. The van der Waals surface area contributed by atoms with Gasteiger partial charge in [-0.25, -0.2) is 0 Å². The number of allylic oxidation sites excluding steroid dienone is 9. The van der Waals surface area contributed by atoms with Crippen LogP contribution < -0.4 is 51.4 Å². The molecule has 0 amide bonds. The molecule has 0 bridgehead atoms. The van der Waals surface area contributed by atoms with E-state index in [1.54, 1.807) is 0 Å². The average molecular weight is 893 g/mol. The van der Waals surface area contributed by atoms with Crippen LogP contribution in [0.1, 0.15) is 62.0 Å². The number of nitrogens with zero attached hydrogens (tertiary/aromatic N) is 1. The Labute approximate surface area is 436 Å². The van der Waals surface area contributed by atoms with Gasteiger partial charge in [0.2, 0.25) is 0 Å². The van der Waals surface area contributed by atoms with Crippen LogP contribution in [0.25, 0.3) is 76.9 Å². The molecule has 0 unspecified atom stereocenters. The first kappa shape index (κ1) is 45.9. The first-order chi connectivity index (χ1) is 32.6. The number of hydrogen-bond donors (Lipinski definition) is 0. The molecular weight excluding hydrogens is 842 g/mol. The topological polar surface area (TPSA) is 38.6 Å². The van der Waals surface area contributed by atoms with E-state index in [9.17, 15) is 0 Å². The molecule has 0 spiro atoms. The number of para-hydroxylation sites is 1. The Hall–Kier alpha value is -6.24. The van der Waals surface area contributed by atoms with Crippen molar-refractivity contribution in [3.05, 3.63) is 247 Å². The van der Waals surface area contributed by atoms with E-state index < -0.39 is 0 Å². The summed E-state index contributed by atoms with van der Waals surface area (Å²) in [4.78, 5) is 5.06. The van der Waals surface area contributed by atoms with Gasteiger partial charge in [-0.2, -0.15) is 30.4 Å². The van der Waals surface area contributed by atoms with Gasteiger partial charge < -0.3 is 13.8 Å². The molecule has 2 aromatic heterocycles. The minimum atomic E-state index is 0. The van der Waals surface area contributed by atoms with E-state index in [-0.39, 0.29) is 51.4 Å². The number of fused-ring (bicyclic) bond motifs is 7. The van der Waals surface area contributed by atoms with Gasteiger partial charge in [0.25, 0.3) is 0 Å². The molecule has 0 saturated carbocycles. The summed E-state index contributed by atoms with van der Waals surface area (Å²) in [6, 6.07) is 54.4. The minimum Gasteiger partial charge on any atom is -0.456 e. The van der Waals surface area contributed by atoms with Gasteiger partial charge in [-0.3, -0.25) is 0 Å². The third-order valence-electron chi connectivity index (χ3n) is 12.8. The van der Waals surface area contributed by atoms with Crippen LogP contribution in [0.5, 0.6) is 0 Å². The van der Waals surface area contributed by atoms with Gasteiger partial charge in [-0.05, 0) is 98.8 Å². The van der Waals surface area contributed by atoms with Crippen molar-refractivity contribution in [1.82, 2.24) is 0 Å². The number of aliphatic imine (C=N–C) groups is 1. The zero-order valence-corrected chi connectivity index (χ0v) is 41.6. The molecular formula is C63H51KNO2-. The number of rotatable bonds is 8. The van der Waals surface area contributed by atoms with E-state index >= 15 is 0 Å². The Balaban J connectivity index is 0.000000164. The van der Waals surface area contributed by atoms with Gasteiger partial charge in [0, 0.05) is 21.7 Å². The number of benzene rings is 8. The van der Waals surface area contributed by atoms with Crippen LogP contribution in [0.4, 0.5) is 0 Å². The van der Waals surface area contributed by atoms with Crippen LogP contribution >= 0.6 is 0 Å². The molecule has 0 aliphatic heterocycles. The zero-order valence-electron chi connectivity index (χ0n) is 38.5. The van der Waals surface area contributed by atoms with Gasteiger partial charge >= 0.3 is 51.4 Å². The third kappa shape index (κ3) is 9.78. The minimum absolute atomic E-state index is 0. The standard InChI is InChI=1S/C37H34NO.C18H10O.C8H7.K/c1-3-26(2)37(38-25-28-20-21-29-12-4-5-13-31(29)24-28)30-15-10-11-27(19-22-30)23-32-14-6-8-18-35-36(32)33-16-7-9-17-34(33)39-35;1-2-6-12-11(5-1)13-7-3-9-15-17(13)18-14(12)8-4-10-16(18)19-15;1-2-8-6-4-3-5-7-8;/h4-5,7-9,11-22,24-26H,3,6,10,23H2,1-2H3;1-10H;3-7H,1H2;/q-1;;-1;+1/t26-;;;/m1.../s1. The Kier molecular flexibility index (Phi) is 14.5. The summed E-state index contributed by atoms with van der Waals surface area (Å²) in [5, 5.41) is 11.4. The van der Waals surface area contributed by atoms with Crippen LogP contribution in [-0.4, -0.2) is 5.71 Å². The quantitative estimate of drug-likeness (QED) is 0.0660. The second-order valence-electron chi connectivity index (χ2n) is 17.0. The van der Waals surface area contributed by atoms with E-state index in [2.05, 4.69) is 190 Å². The van der Waals surface area contributed by atoms with Crippen LogP contribution in [0.2, 0.25) is 0 Å². The van der Waals surface area contributed by atoms with Gasteiger partial charge in [0.15, 0.2) is 0 Å². The maximum absolute atomic E-state index is 6.19. The number of hydrogen-bond acceptors (Lipinski definition) is 3. The van der Waals surface area contributed by atoms with Gasteiger partial charge in [-0.15, -0.1) is 29.8 Å². The monoisotopic (exact) mass is 892 g/mol. The van der Waals surface area contributed by atoms with E-state index in [1.165, 1.54) is 70.8 Å². The SMILES string of the molecule is C=[C-]c1ccccc1.CC[C@@H](C)C(=N[CH-]c1ccc2ccccc2c1)C1=CCC=C(CC2=CCC=Cc3oc4ccccc4c32)C=C1.[K+].c1ccc2c(c1)c1cccc3oc4cccc2c4c31. The molecule has 12 rings (SSSR count). The van der Waals surface area contributed by atoms with Crippen molar-refractivity contribution >= 4 is 82.6 Å². The van der Waals surface area contributed by atoms with Crippen LogP contribution in [-0.2, 0) is 0 Å². The van der Waals surface area contributed by atoms with Crippen molar-refractivity contribution in [3.63, 3.8) is 0 Å². The second kappa shape index (κ2) is 21.2. The van der Waals surface area contributed by atoms with E-state index in [0.29, 0.717) is 5.92 Å². The summed E-state index contributed by atoms with van der Waals surface area (Å²) in [7, 11) is 0. The van der Waals surface area contributed by atoms with Crippen molar-refractivity contribution in [1.29, 1.82) is 0 Å². The summed E-state index contributed by atoms with van der Waals surface area (Å²) in [5.41, 5.74) is 11.4. The molecule has 2 aliphatic carbocycles. The smallest absolute Gasteiger partial charge is 0.456 e. The summed E-state index contributed by atoms with van der Waals surface area (Å²) >= 11 is 0. The van der Waals surface area contributed by atoms with Crippen LogP contribution in [0.15, 0.2) is 226 Å². The molecule has 2 aliphatic rings. The predicted octanol–water partition coefficient (Wildman–Crippen LogP) is 14.6. The molecule has 10 aromatic rings. The summed E-state index contributed by atoms with van der Waals surface area (Å²) in [6.45, 7) is 10.0.